The topological polar surface area (TPSA) is 74.1 Å². The van der Waals surface area contributed by atoms with Gasteiger partial charge in [-0.3, -0.25) is 4.68 Å². The number of ether oxygens (including phenoxy) is 2. The standard InChI is InChI=1S/C16H23N5O2/c1-4-22-15-9-14(17-10-18-15)20-12-6-8-23-16(12)13-5-7-19-21(13)11(2)3/h5,7,9-12,16H,4,6,8H2,1-3H3,(H,17,18,20)/t12-,16-/m0/s1. The lowest BCUT2D eigenvalue weighted by atomic mass is 10.1. The molecular weight excluding hydrogens is 294 g/mol. The maximum Gasteiger partial charge on any atom is 0.218 e. The Morgan fingerprint density at radius 3 is 3.09 bits per heavy atom. The van der Waals surface area contributed by atoms with E-state index in [0.717, 1.165) is 24.5 Å². The molecule has 3 rings (SSSR count). The maximum atomic E-state index is 5.95. The van der Waals surface area contributed by atoms with E-state index in [0.29, 0.717) is 18.5 Å². The minimum Gasteiger partial charge on any atom is -0.478 e. The molecule has 1 saturated heterocycles. The summed E-state index contributed by atoms with van der Waals surface area (Å²) in [7, 11) is 0. The van der Waals surface area contributed by atoms with Crippen LogP contribution < -0.4 is 10.1 Å². The first-order valence-corrected chi connectivity index (χ1v) is 8.05. The van der Waals surface area contributed by atoms with Gasteiger partial charge in [-0.25, -0.2) is 9.97 Å². The summed E-state index contributed by atoms with van der Waals surface area (Å²) in [6.45, 7) is 7.47. The third kappa shape index (κ3) is 3.44. The van der Waals surface area contributed by atoms with Gasteiger partial charge in [0.15, 0.2) is 0 Å². The number of anilines is 1. The van der Waals surface area contributed by atoms with Gasteiger partial charge >= 0.3 is 0 Å². The summed E-state index contributed by atoms with van der Waals surface area (Å²) in [5, 5.41) is 7.85. The summed E-state index contributed by atoms with van der Waals surface area (Å²) in [5.74, 6) is 1.33. The van der Waals surface area contributed by atoms with Gasteiger partial charge in [0.2, 0.25) is 5.88 Å². The lowest BCUT2D eigenvalue weighted by Crippen LogP contribution is -2.26. The number of nitrogens with one attached hydrogen (secondary N) is 1. The van der Waals surface area contributed by atoms with Crippen molar-refractivity contribution in [3.8, 4) is 5.88 Å². The van der Waals surface area contributed by atoms with Gasteiger partial charge in [0.25, 0.3) is 0 Å². The predicted molar refractivity (Wildman–Crippen MR) is 86.5 cm³/mol. The van der Waals surface area contributed by atoms with E-state index in [4.69, 9.17) is 9.47 Å². The van der Waals surface area contributed by atoms with E-state index < -0.39 is 0 Å². The summed E-state index contributed by atoms with van der Waals surface area (Å²) in [5.41, 5.74) is 1.09. The smallest absolute Gasteiger partial charge is 0.218 e. The summed E-state index contributed by atoms with van der Waals surface area (Å²) in [6, 6.07) is 4.29. The molecule has 1 aliphatic heterocycles. The lowest BCUT2D eigenvalue weighted by Gasteiger charge is -2.22. The fourth-order valence-corrected chi connectivity index (χ4v) is 2.85. The van der Waals surface area contributed by atoms with E-state index in [1.54, 1.807) is 0 Å². The fourth-order valence-electron chi connectivity index (χ4n) is 2.85. The van der Waals surface area contributed by atoms with Crippen LogP contribution in [0.1, 0.15) is 45.0 Å². The molecule has 3 heterocycles. The van der Waals surface area contributed by atoms with Crippen LogP contribution in [0.25, 0.3) is 0 Å². The molecule has 7 nitrogen and oxygen atoms in total. The third-order valence-corrected chi connectivity index (χ3v) is 3.84. The van der Waals surface area contributed by atoms with Crippen LogP contribution in [0.3, 0.4) is 0 Å². The van der Waals surface area contributed by atoms with Crippen LogP contribution in [0, 0.1) is 0 Å². The van der Waals surface area contributed by atoms with Crippen molar-refractivity contribution in [2.24, 2.45) is 0 Å². The van der Waals surface area contributed by atoms with Crippen LogP contribution in [0.15, 0.2) is 24.7 Å². The number of nitrogens with zero attached hydrogens (tertiary/aromatic N) is 4. The highest BCUT2D eigenvalue weighted by molar-refractivity contribution is 5.39. The van der Waals surface area contributed by atoms with E-state index in [9.17, 15) is 0 Å². The predicted octanol–water partition coefficient (Wildman–Crippen LogP) is 2.59. The second-order valence-electron chi connectivity index (χ2n) is 5.80. The molecule has 2 atom stereocenters. The highest BCUT2D eigenvalue weighted by Gasteiger charge is 2.32. The molecule has 1 fully saturated rings. The lowest BCUT2D eigenvalue weighted by molar-refractivity contribution is 0.0988. The Morgan fingerprint density at radius 1 is 1.43 bits per heavy atom. The van der Waals surface area contributed by atoms with Crippen molar-refractivity contribution in [2.45, 2.75) is 45.4 Å². The molecule has 0 spiro atoms. The van der Waals surface area contributed by atoms with Gasteiger partial charge < -0.3 is 14.8 Å². The van der Waals surface area contributed by atoms with Gasteiger partial charge in [-0.15, -0.1) is 0 Å². The van der Waals surface area contributed by atoms with Crippen LogP contribution in [-0.2, 0) is 4.74 Å². The van der Waals surface area contributed by atoms with Crippen molar-refractivity contribution < 1.29 is 9.47 Å². The zero-order chi connectivity index (χ0) is 16.2. The van der Waals surface area contributed by atoms with Crippen LogP contribution in [0.5, 0.6) is 5.88 Å². The summed E-state index contributed by atoms with van der Waals surface area (Å²) in [4.78, 5) is 8.37. The largest absolute Gasteiger partial charge is 0.478 e. The van der Waals surface area contributed by atoms with E-state index in [2.05, 4.69) is 34.2 Å². The first kappa shape index (κ1) is 15.7. The molecule has 0 bridgehead atoms. The first-order valence-electron chi connectivity index (χ1n) is 8.05. The summed E-state index contributed by atoms with van der Waals surface area (Å²) in [6.07, 6.45) is 4.22. The molecule has 0 saturated carbocycles. The van der Waals surface area contributed by atoms with Gasteiger partial charge in [0.1, 0.15) is 18.2 Å². The summed E-state index contributed by atoms with van der Waals surface area (Å²) >= 11 is 0. The van der Waals surface area contributed by atoms with E-state index >= 15 is 0 Å². The van der Waals surface area contributed by atoms with Gasteiger partial charge in [-0.05, 0) is 33.3 Å². The van der Waals surface area contributed by atoms with Crippen molar-refractivity contribution in [3.63, 3.8) is 0 Å². The Labute approximate surface area is 136 Å². The molecule has 1 aliphatic rings. The Balaban J connectivity index is 1.77. The van der Waals surface area contributed by atoms with Crippen LogP contribution in [-0.4, -0.2) is 39.0 Å². The molecule has 0 unspecified atom stereocenters. The Kier molecular flexibility index (Phi) is 4.76. The van der Waals surface area contributed by atoms with Crippen molar-refractivity contribution in [2.75, 3.05) is 18.5 Å². The molecule has 0 aliphatic carbocycles. The quantitative estimate of drug-likeness (QED) is 0.883. The Hall–Kier alpha value is -2.15. The normalized spacial score (nSPS) is 20.9. The van der Waals surface area contributed by atoms with Gasteiger partial charge in [-0.2, -0.15) is 5.10 Å². The van der Waals surface area contributed by atoms with E-state index in [1.165, 1.54) is 6.33 Å². The minimum absolute atomic E-state index is 0.0367. The zero-order valence-electron chi connectivity index (χ0n) is 13.8. The third-order valence-electron chi connectivity index (χ3n) is 3.84. The molecule has 1 N–H and O–H groups in total. The van der Waals surface area contributed by atoms with E-state index in [1.807, 2.05) is 29.9 Å². The van der Waals surface area contributed by atoms with Crippen LogP contribution in [0.2, 0.25) is 0 Å². The SMILES string of the molecule is CCOc1cc(N[C@H]2CCO[C@@H]2c2ccnn2C(C)C)ncn1. The number of aromatic nitrogens is 4. The monoisotopic (exact) mass is 317 g/mol. The number of rotatable bonds is 6. The molecule has 23 heavy (non-hydrogen) atoms. The van der Waals surface area contributed by atoms with E-state index in [-0.39, 0.29) is 12.1 Å². The van der Waals surface area contributed by atoms with Gasteiger partial charge in [0.05, 0.1) is 18.3 Å². The zero-order valence-corrected chi connectivity index (χ0v) is 13.8. The highest BCUT2D eigenvalue weighted by atomic mass is 16.5. The molecular formula is C16H23N5O2. The minimum atomic E-state index is -0.0367. The number of hydrogen-bond acceptors (Lipinski definition) is 6. The fraction of sp³-hybridized carbons (Fsp3) is 0.562. The van der Waals surface area contributed by atoms with Gasteiger partial charge in [0, 0.05) is 24.9 Å². The molecule has 0 amide bonds. The van der Waals surface area contributed by atoms with Crippen molar-refractivity contribution in [1.29, 1.82) is 0 Å². The van der Waals surface area contributed by atoms with Crippen LogP contribution >= 0.6 is 0 Å². The maximum absolute atomic E-state index is 5.95. The molecule has 0 radical (unpaired) electrons. The molecule has 2 aromatic heterocycles. The average Bonchev–Trinajstić information content (AvgIpc) is 3.16. The Morgan fingerprint density at radius 2 is 2.30 bits per heavy atom. The first-order chi connectivity index (χ1) is 11.2. The van der Waals surface area contributed by atoms with Crippen molar-refractivity contribution in [1.82, 2.24) is 19.7 Å². The number of hydrogen-bond donors (Lipinski definition) is 1. The van der Waals surface area contributed by atoms with Crippen molar-refractivity contribution >= 4 is 5.82 Å². The molecule has 124 valence electrons. The molecule has 7 heteroatoms. The second-order valence-corrected chi connectivity index (χ2v) is 5.80. The second kappa shape index (κ2) is 6.95. The molecule has 0 aromatic carbocycles. The van der Waals surface area contributed by atoms with Crippen LogP contribution in [0.4, 0.5) is 5.82 Å². The highest BCUT2D eigenvalue weighted by Crippen LogP contribution is 2.32. The van der Waals surface area contributed by atoms with Gasteiger partial charge in [-0.1, -0.05) is 0 Å². The molecule has 2 aromatic rings. The van der Waals surface area contributed by atoms with Crippen molar-refractivity contribution in [3.05, 3.63) is 30.4 Å². The Bertz CT molecular complexity index is 643. The summed E-state index contributed by atoms with van der Waals surface area (Å²) < 4.78 is 13.4. The average molecular weight is 317 g/mol.